The highest BCUT2D eigenvalue weighted by atomic mass is 35.5. The molecule has 14 heavy (non-hydrogen) atoms. The van der Waals surface area contributed by atoms with Crippen molar-refractivity contribution in [1.82, 2.24) is 0 Å². The molecule has 2 nitrogen and oxygen atoms in total. The SMILES string of the molecule is O=C(CCCl)OCCC1CCCCC1. The Labute approximate surface area is 91.0 Å². The summed E-state index contributed by atoms with van der Waals surface area (Å²) >= 11 is 5.42. The molecule has 0 aliphatic heterocycles. The third-order valence-corrected chi connectivity index (χ3v) is 3.00. The van der Waals surface area contributed by atoms with Crippen LogP contribution in [-0.2, 0) is 9.53 Å². The van der Waals surface area contributed by atoms with Gasteiger partial charge < -0.3 is 4.74 Å². The molecule has 0 saturated heterocycles. The number of rotatable bonds is 5. The number of carbonyl (C=O) groups is 1. The van der Waals surface area contributed by atoms with Crippen molar-refractivity contribution in [3.05, 3.63) is 0 Å². The van der Waals surface area contributed by atoms with E-state index in [2.05, 4.69) is 0 Å². The molecule has 0 unspecified atom stereocenters. The monoisotopic (exact) mass is 218 g/mol. The summed E-state index contributed by atoms with van der Waals surface area (Å²) in [6, 6.07) is 0. The van der Waals surface area contributed by atoms with Gasteiger partial charge in [-0.2, -0.15) is 0 Å². The molecular formula is C11H19ClO2. The maximum Gasteiger partial charge on any atom is 0.306 e. The first kappa shape index (κ1) is 11.8. The Morgan fingerprint density at radius 3 is 2.64 bits per heavy atom. The molecule has 0 spiro atoms. The van der Waals surface area contributed by atoms with Crippen molar-refractivity contribution in [2.75, 3.05) is 12.5 Å². The molecular weight excluding hydrogens is 200 g/mol. The van der Waals surface area contributed by atoms with Gasteiger partial charge in [0.1, 0.15) is 0 Å². The Morgan fingerprint density at radius 1 is 1.29 bits per heavy atom. The van der Waals surface area contributed by atoms with Gasteiger partial charge in [-0.05, 0) is 12.3 Å². The van der Waals surface area contributed by atoms with Crippen LogP contribution in [0, 0.1) is 5.92 Å². The van der Waals surface area contributed by atoms with Crippen molar-refractivity contribution in [2.45, 2.75) is 44.9 Å². The molecule has 82 valence electrons. The lowest BCUT2D eigenvalue weighted by Crippen LogP contribution is -2.12. The minimum Gasteiger partial charge on any atom is -0.466 e. The molecule has 0 bridgehead atoms. The van der Waals surface area contributed by atoms with Crippen molar-refractivity contribution >= 4 is 17.6 Å². The summed E-state index contributed by atoms with van der Waals surface area (Å²) < 4.78 is 5.06. The number of hydrogen-bond acceptors (Lipinski definition) is 2. The maximum absolute atomic E-state index is 11.0. The number of halogens is 1. The zero-order chi connectivity index (χ0) is 10.2. The lowest BCUT2D eigenvalue weighted by atomic mass is 9.87. The molecule has 0 radical (unpaired) electrons. The van der Waals surface area contributed by atoms with Gasteiger partial charge in [0.25, 0.3) is 0 Å². The van der Waals surface area contributed by atoms with E-state index in [1.54, 1.807) is 0 Å². The second-order valence-corrected chi connectivity index (χ2v) is 4.33. The van der Waals surface area contributed by atoms with E-state index in [1.807, 2.05) is 0 Å². The van der Waals surface area contributed by atoms with Crippen LogP contribution in [0.4, 0.5) is 0 Å². The fraction of sp³-hybridized carbons (Fsp3) is 0.909. The predicted octanol–water partition coefficient (Wildman–Crippen LogP) is 3.13. The molecule has 1 aliphatic carbocycles. The van der Waals surface area contributed by atoms with Crippen LogP contribution >= 0.6 is 11.6 Å². The van der Waals surface area contributed by atoms with E-state index in [0.29, 0.717) is 18.9 Å². The molecule has 1 aliphatic rings. The topological polar surface area (TPSA) is 26.3 Å². The van der Waals surface area contributed by atoms with Gasteiger partial charge in [0.05, 0.1) is 13.0 Å². The zero-order valence-corrected chi connectivity index (χ0v) is 9.39. The van der Waals surface area contributed by atoms with Crippen LogP contribution in [0.5, 0.6) is 0 Å². The third kappa shape index (κ3) is 4.85. The van der Waals surface area contributed by atoms with Crippen LogP contribution in [0.1, 0.15) is 44.9 Å². The predicted molar refractivity (Wildman–Crippen MR) is 57.5 cm³/mol. The quantitative estimate of drug-likeness (QED) is 0.524. The van der Waals surface area contributed by atoms with E-state index >= 15 is 0 Å². The van der Waals surface area contributed by atoms with Gasteiger partial charge >= 0.3 is 5.97 Å². The smallest absolute Gasteiger partial charge is 0.306 e. The zero-order valence-electron chi connectivity index (χ0n) is 8.64. The molecule has 0 amide bonds. The first-order valence-electron chi connectivity index (χ1n) is 5.54. The summed E-state index contributed by atoms with van der Waals surface area (Å²) in [5.74, 6) is 0.991. The van der Waals surface area contributed by atoms with Crippen molar-refractivity contribution in [2.24, 2.45) is 5.92 Å². The molecule has 0 aromatic rings. The third-order valence-electron chi connectivity index (χ3n) is 2.81. The molecule has 1 rings (SSSR count). The van der Waals surface area contributed by atoms with Crippen molar-refractivity contribution in [3.8, 4) is 0 Å². The number of carbonyl (C=O) groups excluding carboxylic acids is 1. The molecule has 1 saturated carbocycles. The number of esters is 1. The summed E-state index contributed by atoms with van der Waals surface area (Å²) in [4.78, 5) is 11.0. The fourth-order valence-electron chi connectivity index (χ4n) is 1.96. The Kier molecular flexibility index (Phi) is 6.00. The molecule has 1 fully saturated rings. The van der Waals surface area contributed by atoms with E-state index in [9.17, 15) is 4.79 Å². The van der Waals surface area contributed by atoms with Gasteiger partial charge in [-0.1, -0.05) is 32.1 Å². The Hall–Kier alpha value is -0.240. The number of hydrogen-bond donors (Lipinski definition) is 0. The lowest BCUT2D eigenvalue weighted by Gasteiger charge is -2.20. The van der Waals surface area contributed by atoms with Gasteiger partial charge in [-0.3, -0.25) is 4.79 Å². The van der Waals surface area contributed by atoms with Crippen LogP contribution in [0.15, 0.2) is 0 Å². The fourth-order valence-corrected chi connectivity index (χ4v) is 2.12. The highest BCUT2D eigenvalue weighted by Crippen LogP contribution is 2.26. The van der Waals surface area contributed by atoms with Crippen LogP contribution in [0.2, 0.25) is 0 Å². The normalized spacial score (nSPS) is 18.1. The van der Waals surface area contributed by atoms with Crippen LogP contribution < -0.4 is 0 Å². The maximum atomic E-state index is 11.0. The van der Waals surface area contributed by atoms with Gasteiger partial charge in [-0.25, -0.2) is 0 Å². The van der Waals surface area contributed by atoms with E-state index in [4.69, 9.17) is 16.3 Å². The summed E-state index contributed by atoms with van der Waals surface area (Å²) in [5.41, 5.74) is 0. The Bertz CT molecular complexity index is 165. The van der Waals surface area contributed by atoms with Gasteiger partial charge in [-0.15, -0.1) is 11.6 Å². The summed E-state index contributed by atoms with van der Waals surface area (Å²) in [7, 11) is 0. The van der Waals surface area contributed by atoms with Crippen molar-refractivity contribution in [1.29, 1.82) is 0 Å². The second kappa shape index (κ2) is 7.10. The average Bonchev–Trinajstić information content (AvgIpc) is 2.20. The Morgan fingerprint density at radius 2 is 2.00 bits per heavy atom. The minimum absolute atomic E-state index is 0.157. The Balaban J connectivity index is 1.99. The van der Waals surface area contributed by atoms with Crippen LogP contribution in [0.25, 0.3) is 0 Å². The average molecular weight is 219 g/mol. The molecule has 0 atom stereocenters. The molecule has 0 heterocycles. The van der Waals surface area contributed by atoms with E-state index in [1.165, 1.54) is 32.1 Å². The number of ether oxygens (including phenoxy) is 1. The molecule has 0 N–H and O–H groups in total. The molecule has 3 heteroatoms. The lowest BCUT2D eigenvalue weighted by molar-refractivity contribution is -0.143. The van der Waals surface area contributed by atoms with Crippen molar-refractivity contribution < 1.29 is 9.53 Å². The van der Waals surface area contributed by atoms with Gasteiger partial charge in [0.15, 0.2) is 0 Å². The molecule has 0 aromatic heterocycles. The van der Waals surface area contributed by atoms with Gasteiger partial charge in [0.2, 0.25) is 0 Å². The van der Waals surface area contributed by atoms with Crippen LogP contribution in [-0.4, -0.2) is 18.5 Å². The van der Waals surface area contributed by atoms with Crippen LogP contribution in [0.3, 0.4) is 0 Å². The number of alkyl halides is 1. The summed E-state index contributed by atoms with van der Waals surface area (Å²) in [6.45, 7) is 0.584. The largest absolute Gasteiger partial charge is 0.466 e. The van der Waals surface area contributed by atoms with E-state index in [0.717, 1.165) is 12.3 Å². The standard InChI is InChI=1S/C11H19ClO2/c12-8-6-11(13)14-9-7-10-4-2-1-3-5-10/h10H,1-9H2. The van der Waals surface area contributed by atoms with E-state index in [-0.39, 0.29) is 5.97 Å². The summed E-state index contributed by atoms with van der Waals surface area (Å²) in [6.07, 6.45) is 8.07. The highest BCUT2D eigenvalue weighted by Gasteiger charge is 2.13. The first-order chi connectivity index (χ1) is 6.83. The first-order valence-corrected chi connectivity index (χ1v) is 6.08. The second-order valence-electron chi connectivity index (χ2n) is 3.95. The van der Waals surface area contributed by atoms with Gasteiger partial charge in [0, 0.05) is 5.88 Å². The van der Waals surface area contributed by atoms with Crippen molar-refractivity contribution in [3.63, 3.8) is 0 Å². The highest BCUT2D eigenvalue weighted by molar-refractivity contribution is 6.18. The van der Waals surface area contributed by atoms with E-state index < -0.39 is 0 Å². The molecule has 0 aromatic carbocycles. The summed E-state index contributed by atoms with van der Waals surface area (Å²) in [5, 5.41) is 0. The minimum atomic E-state index is -0.157.